The molecule has 0 spiro atoms. The highest BCUT2D eigenvalue weighted by Gasteiger charge is 2.11. The highest BCUT2D eigenvalue weighted by Crippen LogP contribution is 2.24. The molecule has 134 valence electrons. The average molecular weight is 374 g/mol. The Bertz CT molecular complexity index is 971. The Morgan fingerprint density at radius 1 is 1.19 bits per heavy atom. The molecule has 26 heavy (non-hydrogen) atoms. The first-order valence-electron chi connectivity index (χ1n) is 7.85. The van der Waals surface area contributed by atoms with E-state index in [0.717, 1.165) is 5.56 Å². The first-order valence-corrected chi connectivity index (χ1v) is 8.84. The Balaban J connectivity index is 1.85. The normalized spacial score (nSPS) is 11.0. The van der Waals surface area contributed by atoms with E-state index >= 15 is 0 Å². The van der Waals surface area contributed by atoms with Crippen molar-refractivity contribution >= 4 is 22.7 Å². The van der Waals surface area contributed by atoms with Crippen LogP contribution in [0.15, 0.2) is 71.1 Å². The number of allylic oxidation sites excluding steroid dienone is 1. The standard InChI is InChI=1S/C19H16F2N2O2S/c1-2-11-23-17(24)15-5-3-4-6-16(15)22-19(23)26-12-13-7-9-14(10-8-13)25-18(20)21/h2-10,18H,1,11-12H2. The van der Waals surface area contributed by atoms with Gasteiger partial charge in [0, 0.05) is 12.3 Å². The number of benzene rings is 2. The summed E-state index contributed by atoms with van der Waals surface area (Å²) < 4.78 is 30.3. The fourth-order valence-corrected chi connectivity index (χ4v) is 3.43. The van der Waals surface area contributed by atoms with Crippen LogP contribution in [-0.4, -0.2) is 16.2 Å². The van der Waals surface area contributed by atoms with E-state index in [2.05, 4.69) is 16.3 Å². The second-order valence-corrected chi connectivity index (χ2v) is 6.37. The van der Waals surface area contributed by atoms with Crippen LogP contribution in [0, 0.1) is 0 Å². The molecule has 0 saturated carbocycles. The summed E-state index contributed by atoms with van der Waals surface area (Å²) in [5.74, 6) is 0.651. The van der Waals surface area contributed by atoms with Gasteiger partial charge in [-0.3, -0.25) is 9.36 Å². The average Bonchev–Trinajstić information content (AvgIpc) is 2.63. The van der Waals surface area contributed by atoms with Gasteiger partial charge in [-0.05, 0) is 29.8 Å². The van der Waals surface area contributed by atoms with Gasteiger partial charge in [0.1, 0.15) is 5.75 Å². The Hall–Kier alpha value is -2.67. The van der Waals surface area contributed by atoms with E-state index < -0.39 is 6.61 Å². The van der Waals surface area contributed by atoms with Crippen molar-refractivity contribution in [1.82, 2.24) is 9.55 Å². The summed E-state index contributed by atoms with van der Waals surface area (Å²) in [5, 5.41) is 1.15. The molecule has 7 heteroatoms. The van der Waals surface area contributed by atoms with Crippen LogP contribution in [0.3, 0.4) is 0 Å². The van der Waals surface area contributed by atoms with Crippen LogP contribution >= 0.6 is 11.8 Å². The van der Waals surface area contributed by atoms with Gasteiger partial charge in [0.2, 0.25) is 0 Å². The topological polar surface area (TPSA) is 44.1 Å². The van der Waals surface area contributed by atoms with Crippen molar-refractivity contribution in [2.45, 2.75) is 24.1 Å². The van der Waals surface area contributed by atoms with Crippen molar-refractivity contribution < 1.29 is 13.5 Å². The van der Waals surface area contributed by atoms with Crippen molar-refractivity contribution in [1.29, 1.82) is 0 Å². The summed E-state index contributed by atoms with van der Waals surface area (Å²) in [7, 11) is 0. The number of aromatic nitrogens is 2. The third-order valence-electron chi connectivity index (χ3n) is 3.65. The maximum absolute atomic E-state index is 12.7. The lowest BCUT2D eigenvalue weighted by Crippen LogP contribution is -2.22. The summed E-state index contributed by atoms with van der Waals surface area (Å²) in [4.78, 5) is 17.3. The number of para-hydroxylation sites is 1. The molecular formula is C19H16F2N2O2S. The number of thioether (sulfide) groups is 1. The van der Waals surface area contributed by atoms with Crippen molar-refractivity contribution in [2.75, 3.05) is 0 Å². The first-order chi connectivity index (χ1) is 12.6. The predicted molar refractivity (Wildman–Crippen MR) is 98.8 cm³/mol. The quantitative estimate of drug-likeness (QED) is 0.348. The van der Waals surface area contributed by atoms with Crippen LogP contribution in [0.4, 0.5) is 8.78 Å². The van der Waals surface area contributed by atoms with Gasteiger partial charge < -0.3 is 4.74 Å². The minimum absolute atomic E-state index is 0.112. The predicted octanol–water partition coefficient (Wildman–Crippen LogP) is 4.48. The molecule has 0 fully saturated rings. The van der Waals surface area contributed by atoms with E-state index in [1.54, 1.807) is 41.0 Å². The zero-order valence-electron chi connectivity index (χ0n) is 13.8. The maximum atomic E-state index is 12.7. The van der Waals surface area contributed by atoms with E-state index in [0.29, 0.717) is 28.4 Å². The second-order valence-electron chi connectivity index (χ2n) is 5.43. The smallest absolute Gasteiger partial charge is 0.387 e. The minimum Gasteiger partial charge on any atom is -0.435 e. The van der Waals surface area contributed by atoms with Gasteiger partial charge in [-0.15, -0.1) is 6.58 Å². The van der Waals surface area contributed by atoms with Crippen LogP contribution in [0.1, 0.15) is 5.56 Å². The molecule has 0 aliphatic heterocycles. The Labute approximate surface area is 153 Å². The molecule has 3 aromatic rings. The molecule has 1 aromatic heterocycles. The number of fused-ring (bicyclic) bond motifs is 1. The van der Waals surface area contributed by atoms with Crippen LogP contribution in [0.25, 0.3) is 10.9 Å². The summed E-state index contributed by atoms with van der Waals surface area (Å²) in [6, 6.07) is 13.6. The Kier molecular flexibility index (Phi) is 5.68. The van der Waals surface area contributed by atoms with Gasteiger partial charge in [-0.1, -0.05) is 42.1 Å². The zero-order valence-corrected chi connectivity index (χ0v) is 14.6. The molecule has 0 atom stereocenters. The van der Waals surface area contributed by atoms with Gasteiger partial charge in [0.05, 0.1) is 10.9 Å². The number of halogens is 2. The summed E-state index contributed by atoms with van der Waals surface area (Å²) in [6.07, 6.45) is 1.65. The van der Waals surface area contributed by atoms with Gasteiger partial charge >= 0.3 is 6.61 Å². The molecule has 0 amide bonds. The van der Waals surface area contributed by atoms with Crippen molar-refractivity contribution in [3.8, 4) is 5.75 Å². The largest absolute Gasteiger partial charge is 0.435 e. The lowest BCUT2D eigenvalue weighted by molar-refractivity contribution is -0.0498. The number of rotatable bonds is 7. The third-order valence-corrected chi connectivity index (χ3v) is 4.70. The lowest BCUT2D eigenvalue weighted by atomic mass is 10.2. The number of hydrogen-bond acceptors (Lipinski definition) is 4. The van der Waals surface area contributed by atoms with Gasteiger partial charge in [-0.2, -0.15) is 8.78 Å². The minimum atomic E-state index is -2.84. The molecule has 0 N–H and O–H groups in total. The molecule has 2 aromatic carbocycles. The van der Waals surface area contributed by atoms with Crippen molar-refractivity contribution in [2.24, 2.45) is 0 Å². The van der Waals surface area contributed by atoms with Gasteiger partial charge in [0.15, 0.2) is 5.16 Å². The first kappa shape index (κ1) is 18.1. The number of ether oxygens (including phenoxy) is 1. The van der Waals surface area contributed by atoms with Crippen LogP contribution < -0.4 is 10.3 Å². The Morgan fingerprint density at radius 3 is 2.62 bits per heavy atom. The monoisotopic (exact) mass is 374 g/mol. The van der Waals surface area contributed by atoms with Crippen LogP contribution in [0.2, 0.25) is 0 Å². The number of alkyl halides is 2. The van der Waals surface area contributed by atoms with Gasteiger partial charge in [0.25, 0.3) is 5.56 Å². The van der Waals surface area contributed by atoms with E-state index in [1.165, 1.54) is 23.9 Å². The van der Waals surface area contributed by atoms with E-state index in [9.17, 15) is 13.6 Å². The highest BCUT2D eigenvalue weighted by molar-refractivity contribution is 7.98. The summed E-state index contributed by atoms with van der Waals surface area (Å²) >= 11 is 1.40. The van der Waals surface area contributed by atoms with Crippen molar-refractivity contribution in [3.63, 3.8) is 0 Å². The molecule has 0 bridgehead atoms. The number of hydrogen-bond donors (Lipinski definition) is 0. The van der Waals surface area contributed by atoms with E-state index in [1.807, 2.05) is 6.07 Å². The maximum Gasteiger partial charge on any atom is 0.387 e. The summed E-state index contributed by atoms with van der Waals surface area (Å²) in [5.41, 5.74) is 1.43. The SMILES string of the molecule is C=CCn1c(SCc2ccc(OC(F)F)cc2)nc2ccccc2c1=O. The summed E-state index contributed by atoms with van der Waals surface area (Å²) in [6.45, 7) is 1.22. The fourth-order valence-electron chi connectivity index (χ4n) is 2.46. The zero-order chi connectivity index (χ0) is 18.5. The number of nitrogens with zero attached hydrogens (tertiary/aromatic N) is 2. The third kappa shape index (κ3) is 4.11. The second kappa shape index (κ2) is 8.14. The van der Waals surface area contributed by atoms with E-state index in [4.69, 9.17) is 0 Å². The molecule has 0 saturated heterocycles. The Morgan fingerprint density at radius 2 is 1.92 bits per heavy atom. The van der Waals surface area contributed by atoms with Crippen molar-refractivity contribution in [3.05, 3.63) is 77.1 Å². The van der Waals surface area contributed by atoms with Crippen LogP contribution in [-0.2, 0) is 12.3 Å². The lowest BCUT2D eigenvalue weighted by Gasteiger charge is -2.11. The van der Waals surface area contributed by atoms with E-state index in [-0.39, 0.29) is 11.3 Å². The molecule has 1 heterocycles. The molecule has 0 aliphatic carbocycles. The molecule has 0 radical (unpaired) electrons. The molecule has 0 unspecified atom stereocenters. The molecule has 0 aliphatic rings. The molecular weight excluding hydrogens is 358 g/mol. The highest BCUT2D eigenvalue weighted by atomic mass is 32.2. The fraction of sp³-hybridized carbons (Fsp3) is 0.158. The molecule has 4 nitrogen and oxygen atoms in total. The van der Waals surface area contributed by atoms with Crippen LogP contribution in [0.5, 0.6) is 5.75 Å². The van der Waals surface area contributed by atoms with Gasteiger partial charge in [-0.25, -0.2) is 4.98 Å². The molecule has 3 rings (SSSR count).